The number of hydrogen-bond donors (Lipinski definition) is 1. The van der Waals surface area contributed by atoms with Crippen LogP contribution in [0.15, 0.2) is 0 Å². The number of hydrogen-bond acceptors (Lipinski definition) is 2. The van der Waals surface area contributed by atoms with Gasteiger partial charge >= 0.3 is 0 Å². The highest BCUT2D eigenvalue weighted by Gasteiger charge is 2.28. The summed E-state index contributed by atoms with van der Waals surface area (Å²) in [6, 6.07) is 0. The molecule has 0 spiro atoms. The summed E-state index contributed by atoms with van der Waals surface area (Å²) in [5.41, 5.74) is 0.462. The molecule has 1 aliphatic rings. The summed E-state index contributed by atoms with van der Waals surface area (Å²) in [7, 11) is 0. The first kappa shape index (κ1) is 13.4. The summed E-state index contributed by atoms with van der Waals surface area (Å²) >= 11 is 4.55. The second kappa shape index (κ2) is 6.15. The van der Waals surface area contributed by atoms with E-state index in [1.807, 2.05) is 0 Å². The molecule has 1 fully saturated rings. The van der Waals surface area contributed by atoms with Crippen molar-refractivity contribution >= 4 is 12.6 Å². The maximum Gasteiger partial charge on any atom is 0.00456 e. The number of thiol groups is 1. The molecular weight excluding hydrogens is 202 g/mol. The minimum atomic E-state index is 0.462. The Labute approximate surface area is 101 Å². The lowest BCUT2D eigenvalue weighted by atomic mass is 9.83. The Morgan fingerprint density at radius 2 is 1.73 bits per heavy atom. The molecule has 0 aromatic carbocycles. The van der Waals surface area contributed by atoms with Crippen LogP contribution >= 0.6 is 12.6 Å². The molecule has 0 unspecified atom stereocenters. The second-order valence-corrected chi connectivity index (χ2v) is 5.64. The van der Waals surface area contributed by atoms with Crippen molar-refractivity contribution in [3.63, 3.8) is 0 Å². The topological polar surface area (TPSA) is 3.24 Å². The molecular formula is C13H27NS. The lowest BCUT2D eigenvalue weighted by Gasteiger charge is -2.39. The first-order valence-electron chi connectivity index (χ1n) is 6.49. The minimum absolute atomic E-state index is 0.462. The van der Waals surface area contributed by atoms with E-state index >= 15 is 0 Å². The summed E-state index contributed by atoms with van der Waals surface area (Å²) in [6.45, 7) is 10.9. The van der Waals surface area contributed by atoms with Crippen LogP contribution in [0, 0.1) is 11.3 Å². The molecule has 0 aromatic rings. The van der Waals surface area contributed by atoms with Crippen molar-refractivity contribution in [2.24, 2.45) is 11.3 Å². The van der Waals surface area contributed by atoms with Crippen LogP contribution in [0.3, 0.4) is 0 Å². The maximum absolute atomic E-state index is 4.55. The van der Waals surface area contributed by atoms with E-state index in [9.17, 15) is 0 Å². The average Bonchev–Trinajstić information content (AvgIpc) is 2.29. The van der Waals surface area contributed by atoms with Crippen molar-refractivity contribution in [2.45, 2.75) is 46.5 Å². The first-order valence-corrected chi connectivity index (χ1v) is 7.12. The van der Waals surface area contributed by atoms with Crippen LogP contribution in [0.5, 0.6) is 0 Å². The molecule has 0 N–H and O–H groups in total. The van der Waals surface area contributed by atoms with Gasteiger partial charge in [0.1, 0.15) is 0 Å². The number of rotatable bonds is 5. The van der Waals surface area contributed by atoms with Gasteiger partial charge in [0.15, 0.2) is 0 Å². The Morgan fingerprint density at radius 3 is 2.13 bits per heavy atom. The summed E-state index contributed by atoms with van der Waals surface area (Å²) in [5.74, 6) is 1.97. The van der Waals surface area contributed by atoms with Crippen LogP contribution in [0.4, 0.5) is 0 Å². The molecule has 0 saturated carbocycles. The van der Waals surface area contributed by atoms with Crippen LogP contribution in [-0.2, 0) is 0 Å². The van der Waals surface area contributed by atoms with Gasteiger partial charge in [0, 0.05) is 6.54 Å². The van der Waals surface area contributed by atoms with Crippen LogP contribution in [-0.4, -0.2) is 30.3 Å². The lowest BCUT2D eigenvalue weighted by molar-refractivity contribution is 0.120. The molecule has 0 aliphatic carbocycles. The van der Waals surface area contributed by atoms with Crippen molar-refractivity contribution < 1.29 is 0 Å². The number of likely N-dealkylation sites (tertiary alicyclic amines) is 1. The summed E-state index contributed by atoms with van der Waals surface area (Å²) < 4.78 is 0. The van der Waals surface area contributed by atoms with E-state index < -0.39 is 0 Å². The van der Waals surface area contributed by atoms with Crippen molar-refractivity contribution in [3.05, 3.63) is 0 Å². The Morgan fingerprint density at radius 1 is 1.20 bits per heavy atom. The fraction of sp³-hybridized carbons (Fsp3) is 1.00. The van der Waals surface area contributed by atoms with E-state index in [2.05, 4.69) is 38.3 Å². The Bertz CT molecular complexity index is 161. The van der Waals surface area contributed by atoms with Gasteiger partial charge in [-0.3, -0.25) is 0 Å². The van der Waals surface area contributed by atoms with Gasteiger partial charge in [-0.05, 0) is 55.9 Å². The summed E-state index contributed by atoms with van der Waals surface area (Å²) in [4.78, 5) is 2.66. The molecule has 0 radical (unpaired) electrons. The normalized spacial score (nSPS) is 20.8. The molecule has 0 aromatic heterocycles. The largest absolute Gasteiger partial charge is 0.303 e. The SMILES string of the molecule is CCC(CC)(CS)CN1CCC(C)CC1. The minimum Gasteiger partial charge on any atom is -0.303 e. The lowest BCUT2D eigenvalue weighted by Crippen LogP contribution is -2.42. The van der Waals surface area contributed by atoms with Gasteiger partial charge < -0.3 is 4.90 Å². The molecule has 1 heterocycles. The van der Waals surface area contributed by atoms with Gasteiger partial charge in [-0.1, -0.05) is 20.8 Å². The smallest absolute Gasteiger partial charge is 0.00456 e. The zero-order valence-corrected chi connectivity index (χ0v) is 11.5. The highest BCUT2D eigenvalue weighted by molar-refractivity contribution is 7.80. The third-order valence-electron chi connectivity index (χ3n) is 4.27. The fourth-order valence-corrected chi connectivity index (χ4v) is 2.99. The zero-order valence-electron chi connectivity index (χ0n) is 10.6. The monoisotopic (exact) mass is 229 g/mol. The van der Waals surface area contributed by atoms with E-state index in [0.29, 0.717) is 5.41 Å². The molecule has 90 valence electrons. The van der Waals surface area contributed by atoms with Crippen LogP contribution in [0.1, 0.15) is 46.5 Å². The third kappa shape index (κ3) is 3.67. The first-order chi connectivity index (χ1) is 7.15. The zero-order chi connectivity index (χ0) is 11.3. The van der Waals surface area contributed by atoms with Crippen molar-refractivity contribution in [2.75, 3.05) is 25.4 Å². The van der Waals surface area contributed by atoms with E-state index in [0.717, 1.165) is 11.7 Å². The molecule has 1 aliphatic heterocycles. The van der Waals surface area contributed by atoms with E-state index in [1.165, 1.54) is 45.3 Å². The van der Waals surface area contributed by atoms with E-state index in [1.54, 1.807) is 0 Å². The molecule has 0 atom stereocenters. The third-order valence-corrected chi connectivity index (χ3v) is 4.94. The average molecular weight is 229 g/mol. The summed E-state index contributed by atoms with van der Waals surface area (Å²) in [6.07, 6.45) is 5.30. The van der Waals surface area contributed by atoms with Gasteiger partial charge in [-0.2, -0.15) is 12.6 Å². The van der Waals surface area contributed by atoms with Gasteiger partial charge in [0.25, 0.3) is 0 Å². The Kier molecular flexibility index (Phi) is 5.48. The van der Waals surface area contributed by atoms with Crippen molar-refractivity contribution in [1.82, 2.24) is 4.90 Å². The molecule has 2 heteroatoms. The van der Waals surface area contributed by atoms with Crippen molar-refractivity contribution in [1.29, 1.82) is 0 Å². The Balaban J connectivity index is 2.44. The second-order valence-electron chi connectivity index (χ2n) is 5.32. The van der Waals surface area contributed by atoms with Gasteiger partial charge in [-0.25, -0.2) is 0 Å². The molecule has 15 heavy (non-hydrogen) atoms. The van der Waals surface area contributed by atoms with Gasteiger partial charge in [-0.15, -0.1) is 0 Å². The quantitative estimate of drug-likeness (QED) is 0.707. The standard InChI is InChI=1S/C13H27NS/c1-4-13(5-2,11-15)10-14-8-6-12(3)7-9-14/h12,15H,4-11H2,1-3H3. The number of piperidine rings is 1. The van der Waals surface area contributed by atoms with Crippen LogP contribution in [0.25, 0.3) is 0 Å². The predicted molar refractivity (Wildman–Crippen MR) is 71.7 cm³/mol. The highest BCUT2D eigenvalue weighted by Crippen LogP contribution is 2.30. The van der Waals surface area contributed by atoms with Crippen LogP contribution in [0.2, 0.25) is 0 Å². The van der Waals surface area contributed by atoms with Gasteiger partial charge in [0.05, 0.1) is 0 Å². The molecule has 1 saturated heterocycles. The number of nitrogens with zero attached hydrogens (tertiary/aromatic N) is 1. The van der Waals surface area contributed by atoms with Crippen molar-refractivity contribution in [3.8, 4) is 0 Å². The highest BCUT2D eigenvalue weighted by atomic mass is 32.1. The molecule has 0 bridgehead atoms. The Hall–Kier alpha value is 0.310. The molecule has 1 rings (SSSR count). The van der Waals surface area contributed by atoms with Crippen LogP contribution < -0.4 is 0 Å². The molecule has 1 nitrogen and oxygen atoms in total. The fourth-order valence-electron chi connectivity index (χ4n) is 2.44. The predicted octanol–water partition coefficient (Wildman–Crippen LogP) is 3.45. The van der Waals surface area contributed by atoms with E-state index in [-0.39, 0.29) is 0 Å². The summed E-state index contributed by atoms with van der Waals surface area (Å²) in [5, 5.41) is 0. The van der Waals surface area contributed by atoms with Gasteiger partial charge in [0.2, 0.25) is 0 Å². The maximum atomic E-state index is 4.55. The molecule has 0 amide bonds. The van der Waals surface area contributed by atoms with E-state index in [4.69, 9.17) is 0 Å².